The van der Waals surface area contributed by atoms with E-state index < -0.39 is 26.9 Å². The maximum atomic E-state index is 13.5. The second kappa shape index (κ2) is 6.51. The molecule has 21 heavy (non-hydrogen) atoms. The van der Waals surface area contributed by atoms with Crippen LogP contribution >= 0.6 is 11.6 Å². The van der Waals surface area contributed by atoms with Crippen LogP contribution in [0, 0.1) is 5.82 Å². The normalized spacial score (nSPS) is 13.1. The molecule has 2 aromatic rings. The lowest BCUT2D eigenvalue weighted by molar-refractivity contribution is 0.532. The fourth-order valence-electron chi connectivity index (χ4n) is 1.93. The molecule has 4 nitrogen and oxygen atoms in total. The van der Waals surface area contributed by atoms with Gasteiger partial charge in [0, 0.05) is 17.3 Å². The zero-order chi connectivity index (χ0) is 15.5. The monoisotopic (exact) mass is 328 g/mol. The van der Waals surface area contributed by atoms with Crippen molar-refractivity contribution < 1.29 is 12.8 Å². The summed E-state index contributed by atoms with van der Waals surface area (Å²) >= 11 is 6.03. The van der Waals surface area contributed by atoms with Gasteiger partial charge in [-0.05, 0) is 37.1 Å². The molecule has 0 fully saturated rings. The Labute approximate surface area is 128 Å². The minimum atomic E-state index is -4.00. The molecule has 1 atom stereocenters. The number of benzene rings is 1. The number of sulfonamides is 1. The fraction of sp³-hybridized carbons (Fsp3) is 0.214. The molecule has 1 heterocycles. The first-order valence-corrected chi connectivity index (χ1v) is 8.12. The van der Waals surface area contributed by atoms with E-state index in [2.05, 4.69) is 9.71 Å². The highest BCUT2D eigenvalue weighted by Crippen LogP contribution is 2.17. The summed E-state index contributed by atoms with van der Waals surface area (Å²) < 4.78 is 40.1. The Bertz CT molecular complexity index is 737. The Hall–Kier alpha value is -1.50. The van der Waals surface area contributed by atoms with Gasteiger partial charge in [0.05, 0.1) is 0 Å². The van der Waals surface area contributed by atoms with E-state index in [1.54, 1.807) is 19.1 Å². The van der Waals surface area contributed by atoms with Crippen LogP contribution in [0.2, 0.25) is 5.02 Å². The summed E-state index contributed by atoms with van der Waals surface area (Å²) in [5.74, 6) is -0.880. The number of nitrogens with one attached hydrogen (secondary N) is 1. The molecule has 0 aliphatic rings. The molecule has 0 bridgehead atoms. The number of hydrogen-bond donors (Lipinski definition) is 1. The van der Waals surface area contributed by atoms with Crippen molar-refractivity contribution in [2.45, 2.75) is 24.4 Å². The molecule has 1 aromatic carbocycles. The molecule has 2 rings (SSSR count). The molecule has 1 N–H and O–H groups in total. The number of aromatic nitrogens is 1. The number of nitrogens with zero attached hydrogens (tertiary/aromatic N) is 1. The Morgan fingerprint density at radius 1 is 1.29 bits per heavy atom. The van der Waals surface area contributed by atoms with Crippen molar-refractivity contribution in [3.05, 3.63) is 59.0 Å². The van der Waals surface area contributed by atoms with E-state index >= 15 is 0 Å². The predicted octanol–water partition coefficient (Wildman–Crippen LogP) is 2.78. The van der Waals surface area contributed by atoms with E-state index in [4.69, 9.17) is 11.6 Å². The van der Waals surface area contributed by atoms with Gasteiger partial charge >= 0.3 is 0 Å². The van der Waals surface area contributed by atoms with Crippen LogP contribution in [0.1, 0.15) is 12.5 Å². The van der Waals surface area contributed by atoms with E-state index in [0.717, 1.165) is 11.6 Å². The summed E-state index contributed by atoms with van der Waals surface area (Å²) in [6, 6.07) is 9.11. The average molecular weight is 329 g/mol. The molecule has 0 aliphatic carbocycles. The third-order valence-electron chi connectivity index (χ3n) is 2.82. The Kier molecular flexibility index (Phi) is 4.92. The summed E-state index contributed by atoms with van der Waals surface area (Å²) in [6.45, 7) is 1.68. The standard InChI is InChI=1S/C14H14ClFN2O2S/c1-10(9-11-5-2-3-6-12(11)15)18-21(19,20)14-13(16)7-4-8-17-14/h2-8,10,18H,9H2,1H3. The molecule has 1 aromatic heterocycles. The van der Waals surface area contributed by atoms with Crippen LogP contribution in [0.5, 0.6) is 0 Å². The maximum absolute atomic E-state index is 13.5. The lowest BCUT2D eigenvalue weighted by Gasteiger charge is -2.14. The van der Waals surface area contributed by atoms with E-state index in [-0.39, 0.29) is 0 Å². The van der Waals surface area contributed by atoms with E-state index in [1.165, 1.54) is 12.3 Å². The van der Waals surface area contributed by atoms with Gasteiger partial charge < -0.3 is 0 Å². The second-order valence-electron chi connectivity index (χ2n) is 4.61. The first-order chi connectivity index (χ1) is 9.90. The SMILES string of the molecule is CC(Cc1ccccc1Cl)NS(=O)(=O)c1ncccc1F. The van der Waals surface area contributed by atoms with Crippen molar-refractivity contribution in [1.82, 2.24) is 9.71 Å². The molecule has 0 amide bonds. The van der Waals surface area contributed by atoms with Gasteiger partial charge in [0.2, 0.25) is 5.03 Å². The van der Waals surface area contributed by atoms with Crippen molar-refractivity contribution in [2.24, 2.45) is 0 Å². The average Bonchev–Trinajstić information content (AvgIpc) is 2.41. The van der Waals surface area contributed by atoms with Crippen LogP contribution in [0.3, 0.4) is 0 Å². The number of hydrogen-bond acceptors (Lipinski definition) is 3. The molecule has 0 aliphatic heterocycles. The minimum absolute atomic E-state index is 0.396. The topological polar surface area (TPSA) is 59.1 Å². The molecule has 112 valence electrons. The molecule has 0 radical (unpaired) electrons. The Balaban J connectivity index is 2.14. The maximum Gasteiger partial charge on any atom is 0.261 e. The van der Waals surface area contributed by atoms with Crippen LogP contribution in [-0.4, -0.2) is 19.4 Å². The summed E-state index contributed by atoms with van der Waals surface area (Å²) in [5, 5.41) is -0.0384. The smallest absolute Gasteiger partial charge is 0.241 e. The van der Waals surface area contributed by atoms with Crippen LogP contribution in [-0.2, 0) is 16.4 Å². The van der Waals surface area contributed by atoms with Crippen molar-refractivity contribution in [3.63, 3.8) is 0 Å². The van der Waals surface area contributed by atoms with Gasteiger partial charge in [0.1, 0.15) is 0 Å². The van der Waals surface area contributed by atoms with Gasteiger partial charge in [-0.3, -0.25) is 0 Å². The molecule has 0 saturated heterocycles. The van der Waals surface area contributed by atoms with Crippen LogP contribution in [0.15, 0.2) is 47.6 Å². The van der Waals surface area contributed by atoms with Crippen LogP contribution in [0.4, 0.5) is 4.39 Å². The fourth-order valence-corrected chi connectivity index (χ4v) is 3.39. The Morgan fingerprint density at radius 3 is 2.67 bits per heavy atom. The van der Waals surface area contributed by atoms with Gasteiger partial charge in [-0.25, -0.2) is 22.5 Å². The highest BCUT2D eigenvalue weighted by atomic mass is 35.5. The largest absolute Gasteiger partial charge is 0.261 e. The predicted molar refractivity (Wildman–Crippen MR) is 79.1 cm³/mol. The summed E-state index contributed by atoms with van der Waals surface area (Å²) in [7, 11) is -4.00. The van der Waals surface area contributed by atoms with Gasteiger partial charge in [0.25, 0.3) is 10.0 Å². The molecular formula is C14H14ClFN2O2S. The van der Waals surface area contributed by atoms with Gasteiger partial charge in [-0.2, -0.15) is 0 Å². The lowest BCUT2D eigenvalue weighted by atomic mass is 10.1. The molecule has 0 spiro atoms. The molecule has 7 heteroatoms. The molecule has 0 saturated carbocycles. The van der Waals surface area contributed by atoms with Crippen molar-refractivity contribution in [1.29, 1.82) is 0 Å². The molecule has 1 unspecified atom stereocenters. The third kappa shape index (κ3) is 4.00. The number of rotatable bonds is 5. The van der Waals surface area contributed by atoms with E-state index in [0.29, 0.717) is 11.4 Å². The third-order valence-corrected chi connectivity index (χ3v) is 4.71. The van der Waals surface area contributed by atoms with Gasteiger partial charge in [0.15, 0.2) is 5.82 Å². The summed E-state index contributed by atoms with van der Waals surface area (Å²) in [5.41, 5.74) is 0.816. The number of halogens is 2. The zero-order valence-corrected chi connectivity index (χ0v) is 12.8. The minimum Gasteiger partial charge on any atom is -0.241 e. The van der Waals surface area contributed by atoms with Crippen molar-refractivity contribution in [3.8, 4) is 0 Å². The summed E-state index contributed by atoms with van der Waals surface area (Å²) in [6.07, 6.45) is 1.63. The Morgan fingerprint density at radius 2 is 2.00 bits per heavy atom. The summed E-state index contributed by atoms with van der Waals surface area (Å²) in [4.78, 5) is 3.58. The lowest BCUT2D eigenvalue weighted by Crippen LogP contribution is -2.35. The first kappa shape index (κ1) is 15.9. The van der Waals surface area contributed by atoms with Crippen LogP contribution < -0.4 is 4.72 Å². The zero-order valence-electron chi connectivity index (χ0n) is 11.3. The second-order valence-corrected chi connectivity index (χ2v) is 6.64. The number of pyridine rings is 1. The van der Waals surface area contributed by atoms with E-state index in [1.807, 2.05) is 12.1 Å². The van der Waals surface area contributed by atoms with Crippen LogP contribution in [0.25, 0.3) is 0 Å². The highest BCUT2D eigenvalue weighted by Gasteiger charge is 2.22. The quantitative estimate of drug-likeness (QED) is 0.918. The van der Waals surface area contributed by atoms with Crippen molar-refractivity contribution in [2.75, 3.05) is 0 Å². The van der Waals surface area contributed by atoms with Gasteiger partial charge in [-0.1, -0.05) is 29.8 Å². The van der Waals surface area contributed by atoms with E-state index in [9.17, 15) is 12.8 Å². The van der Waals surface area contributed by atoms with Gasteiger partial charge in [-0.15, -0.1) is 0 Å². The highest BCUT2D eigenvalue weighted by molar-refractivity contribution is 7.89. The molecular weight excluding hydrogens is 315 g/mol. The first-order valence-electron chi connectivity index (χ1n) is 6.26. The van der Waals surface area contributed by atoms with Crippen molar-refractivity contribution >= 4 is 21.6 Å².